The highest BCUT2D eigenvalue weighted by Crippen LogP contribution is 2.21. The van der Waals surface area contributed by atoms with Gasteiger partial charge in [-0.25, -0.2) is 0 Å². The van der Waals surface area contributed by atoms with Crippen molar-refractivity contribution >= 4 is 11.7 Å². The Labute approximate surface area is 99.3 Å². The predicted molar refractivity (Wildman–Crippen MR) is 61.7 cm³/mol. The van der Waals surface area contributed by atoms with E-state index in [0.717, 1.165) is 0 Å². The maximum Gasteiger partial charge on any atom is 0.308 e. The fourth-order valence-corrected chi connectivity index (χ4v) is 1.32. The van der Waals surface area contributed by atoms with Crippen molar-refractivity contribution in [2.24, 2.45) is 5.16 Å². The van der Waals surface area contributed by atoms with Crippen LogP contribution in [0.4, 0.5) is 0 Å². The zero-order valence-corrected chi connectivity index (χ0v) is 9.85. The van der Waals surface area contributed by atoms with Crippen LogP contribution in [0.5, 0.6) is 5.75 Å². The van der Waals surface area contributed by atoms with E-state index in [1.807, 2.05) is 6.07 Å². The van der Waals surface area contributed by atoms with Crippen LogP contribution in [0.25, 0.3) is 0 Å². The number of oxime groups is 1. The molecule has 0 aliphatic carbocycles. The highest BCUT2D eigenvalue weighted by molar-refractivity contribution is 6.01. The Morgan fingerprint density at radius 2 is 2.12 bits per heavy atom. The largest absolute Gasteiger partial charge is 0.426 e. The lowest BCUT2D eigenvalue weighted by Crippen LogP contribution is -2.07. The molecule has 17 heavy (non-hydrogen) atoms. The molecule has 0 atom stereocenters. The second-order valence-electron chi connectivity index (χ2n) is 3.28. The molecule has 88 valence electrons. The van der Waals surface area contributed by atoms with E-state index in [4.69, 9.17) is 10.00 Å². The molecule has 5 nitrogen and oxygen atoms in total. The standard InChI is InChI=1S/C12H12N2O3/c1-8(14-16-3)11-5-4-10(7-13)6-12(11)17-9(2)15/h4-6H,1-3H3/b14-8+. The summed E-state index contributed by atoms with van der Waals surface area (Å²) in [6.07, 6.45) is 0. The minimum atomic E-state index is -0.452. The van der Waals surface area contributed by atoms with Gasteiger partial charge in [0.25, 0.3) is 0 Å². The van der Waals surface area contributed by atoms with E-state index in [0.29, 0.717) is 22.6 Å². The highest BCUT2D eigenvalue weighted by atomic mass is 16.6. The number of ether oxygens (including phenoxy) is 1. The quantitative estimate of drug-likeness (QED) is 0.345. The lowest BCUT2D eigenvalue weighted by molar-refractivity contribution is -0.131. The van der Waals surface area contributed by atoms with E-state index < -0.39 is 5.97 Å². The minimum Gasteiger partial charge on any atom is -0.426 e. The van der Waals surface area contributed by atoms with Crippen molar-refractivity contribution in [1.82, 2.24) is 0 Å². The lowest BCUT2D eigenvalue weighted by Gasteiger charge is -2.08. The van der Waals surface area contributed by atoms with Gasteiger partial charge >= 0.3 is 5.97 Å². The average molecular weight is 232 g/mol. The van der Waals surface area contributed by atoms with Gasteiger partial charge in [-0.15, -0.1) is 0 Å². The van der Waals surface area contributed by atoms with Gasteiger partial charge in [-0.1, -0.05) is 5.16 Å². The summed E-state index contributed by atoms with van der Waals surface area (Å²) in [6, 6.07) is 6.75. The molecular weight excluding hydrogens is 220 g/mol. The minimum absolute atomic E-state index is 0.301. The second kappa shape index (κ2) is 5.66. The number of benzene rings is 1. The van der Waals surface area contributed by atoms with Gasteiger partial charge in [-0.2, -0.15) is 5.26 Å². The Bertz CT molecular complexity index is 501. The molecule has 0 saturated carbocycles. The molecular formula is C12H12N2O3. The molecule has 0 aliphatic rings. The Kier molecular flexibility index (Phi) is 4.23. The summed E-state index contributed by atoms with van der Waals surface area (Å²) >= 11 is 0. The van der Waals surface area contributed by atoms with Crippen LogP contribution in [0.1, 0.15) is 25.0 Å². The summed E-state index contributed by atoms with van der Waals surface area (Å²) in [6.45, 7) is 3.02. The van der Waals surface area contributed by atoms with Crippen molar-refractivity contribution in [3.05, 3.63) is 29.3 Å². The number of carbonyl (C=O) groups is 1. The molecule has 0 aromatic heterocycles. The monoisotopic (exact) mass is 232 g/mol. The third-order valence-electron chi connectivity index (χ3n) is 1.98. The van der Waals surface area contributed by atoms with Crippen LogP contribution in [0, 0.1) is 11.3 Å². The summed E-state index contributed by atoms with van der Waals surface area (Å²) < 4.78 is 5.03. The number of nitrogens with zero attached hydrogens (tertiary/aromatic N) is 2. The third kappa shape index (κ3) is 3.31. The summed E-state index contributed by atoms with van der Waals surface area (Å²) in [5.74, 6) is -0.151. The summed E-state index contributed by atoms with van der Waals surface area (Å²) in [7, 11) is 1.43. The molecule has 0 N–H and O–H groups in total. The number of esters is 1. The zero-order valence-electron chi connectivity index (χ0n) is 9.85. The molecule has 1 aromatic carbocycles. The van der Waals surface area contributed by atoms with Crippen LogP contribution in [0.3, 0.4) is 0 Å². The van der Waals surface area contributed by atoms with E-state index in [-0.39, 0.29) is 0 Å². The molecule has 0 spiro atoms. The maximum absolute atomic E-state index is 11.0. The summed E-state index contributed by atoms with van der Waals surface area (Å²) in [4.78, 5) is 15.6. The molecule has 5 heteroatoms. The van der Waals surface area contributed by atoms with Gasteiger partial charge in [0.15, 0.2) is 0 Å². The Hall–Kier alpha value is -2.35. The van der Waals surface area contributed by atoms with Crippen LogP contribution in [-0.4, -0.2) is 18.8 Å². The summed E-state index contributed by atoms with van der Waals surface area (Å²) in [5.41, 5.74) is 1.59. The van der Waals surface area contributed by atoms with E-state index in [1.54, 1.807) is 19.1 Å². The van der Waals surface area contributed by atoms with Crippen molar-refractivity contribution in [1.29, 1.82) is 5.26 Å². The molecule has 0 unspecified atom stereocenters. The van der Waals surface area contributed by atoms with Gasteiger partial charge in [0.1, 0.15) is 12.9 Å². The number of carbonyl (C=O) groups excluding carboxylic acids is 1. The first-order valence-electron chi connectivity index (χ1n) is 4.89. The Morgan fingerprint density at radius 3 is 2.65 bits per heavy atom. The SMILES string of the molecule is CO/N=C(\C)c1ccc(C#N)cc1OC(C)=O. The first-order chi connectivity index (χ1) is 8.08. The Morgan fingerprint density at radius 1 is 1.41 bits per heavy atom. The molecule has 0 fully saturated rings. The van der Waals surface area contributed by atoms with Crippen LogP contribution in [0.2, 0.25) is 0 Å². The molecule has 1 rings (SSSR count). The third-order valence-corrected chi connectivity index (χ3v) is 1.98. The molecule has 0 aliphatic heterocycles. The van der Waals surface area contributed by atoms with E-state index in [2.05, 4.69) is 9.99 Å². The summed E-state index contributed by atoms with van der Waals surface area (Å²) in [5, 5.41) is 12.5. The molecule has 0 saturated heterocycles. The normalized spacial score (nSPS) is 10.6. The van der Waals surface area contributed by atoms with Crippen molar-refractivity contribution in [3.63, 3.8) is 0 Å². The molecule has 0 radical (unpaired) electrons. The first kappa shape index (κ1) is 12.7. The van der Waals surface area contributed by atoms with Gasteiger partial charge in [0.05, 0.1) is 17.3 Å². The van der Waals surface area contributed by atoms with Gasteiger partial charge in [-0.05, 0) is 25.1 Å². The Balaban J connectivity index is 3.25. The number of nitriles is 1. The maximum atomic E-state index is 11.0. The van der Waals surface area contributed by atoms with Crippen LogP contribution in [0.15, 0.2) is 23.4 Å². The van der Waals surface area contributed by atoms with E-state index in [1.165, 1.54) is 20.1 Å². The van der Waals surface area contributed by atoms with Crippen LogP contribution in [-0.2, 0) is 9.63 Å². The van der Waals surface area contributed by atoms with Gasteiger partial charge in [-0.3, -0.25) is 4.79 Å². The fourth-order valence-electron chi connectivity index (χ4n) is 1.32. The number of rotatable bonds is 3. The van der Waals surface area contributed by atoms with Crippen LogP contribution < -0.4 is 4.74 Å². The van der Waals surface area contributed by atoms with Crippen molar-refractivity contribution in [2.45, 2.75) is 13.8 Å². The van der Waals surface area contributed by atoms with Crippen molar-refractivity contribution in [3.8, 4) is 11.8 Å². The van der Waals surface area contributed by atoms with Gasteiger partial charge in [0, 0.05) is 12.5 Å². The molecule has 0 bridgehead atoms. The molecule has 0 amide bonds. The second-order valence-corrected chi connectivity index (χ2v) is 3.28. The number of hydrogen-bond acceptors (Lipinski definition) is 5. The fraction of sp³-hybridized carbons (Fsp3) is 0.250. The van der Waals surface area contributed by atoms with Crippen molar-refractivity contribution in [2.75, 3.05) is 7.11 Å². The van der Waals surface area contributed by atoms with E-state index >= 15 is 0 Å². The predicted octanol–water partition coefficient (Wildman–Crippen LogP) is 1.85. The first-order valence-corrected chi connectivity index (χ1v) is 4.89. The molecule has 0 heterocycles. The van der Waals surface area contributed by atoms with E-state index in [9.17, 15) is 4.79 Å². The smallest absolute Gasteiger partial charge is 0.308 e. The topological polar surface area (TPSA) is 71.7 Å². The van der Waals surface area contributed by atoms with Crippen LogP contribution >= 0.6 is 0 Å². The number of hydrogen-bond donors (Lipinski definition) is 0. The lowest BCUT2D eigenvalue weighted by atomic mass is 10.1. The average Bonchev–Trinajstić information content (AvgIpc) is 2.28. The highest BCUT2D eigenvalue weighted by Gasteiger charge is 2.10. The zero-order chi connectivity index (χ0) is 12.8. The van der Waals surface area contributed by atoms with Gasteiger partial charge in [0.2, 0.25) is 0 Å². The van der Waals surface area contributed by atoms with Crippen molar-refractivity contribution < 1.29 is 14.4 Å². The van der Waals surface area contributed by atoms with Gasteiger partial charge < -0.3 is 9.57 Å². The molecule has 1 aromatic rings.